The van der Waals surface area contributed by atoms with E-state index in [9.17, 15) is 0 Å². The fraction of sp³-hybridized carbons (Fsp3) is 0. The van der Waals surface area contributed by atoms with Gasteiger partial charge in [0, 0.05) is 20.9 Å². The zero-order valence-electron chi connectivity index (χ0n) is 27.8. The molecule has 11 aromatic rings. The number of benzene rings is 8. The lowest BCUT2D eigenvalue weighted by Gasteiger charge is -2.15. The number of aromatic nitrogens is 3. The molecular formula is C48H27N3S. The van der Waals surface area contributed by atoms with Crippen LogP contribution in [0.25, 0.3) is 114 Å². The largest absolute Gasteiger partial charge is 0.292 e. The number of nitrogens with zero attached hydrogens (tertiary/aromatic N) is 3. The van der Waals surface area contributed by atoms with Gasteiger partial charge in [-0.3, -0.25) is 4.57 Å². The summed E-state index contributed by atoms with van der Waals surface area (Å²) in [5.74, 6) is 0.822. The van der Waals surface area contributed by atoms with Crippen molar-refractivity contribution in [3.63, 3.8) is 0 Å². The quantitative estimate of drug-likeness (QED) is 0.186. The third-order valence-electron chi connectivity index (χ3n) is 11.0. The lowest BCUT2D eigenvalue weighted by Crippen LogP contribution is -1.99. The van der Waals surface area contributed by atoms with Crippen molar-refractivity contribution in [2.24, 2.45) is 0 Å². The van der Waals surface area contributed by atoms with Gasteiger partial charge in [-0.05, 0) is 96.4 Å². The van der Waals surface area contributed by atoms with Gasteiger partial charge in [0.1, 0.15) is 10.3 Å². The van der Waals surface area contributed by atoms with Gasteiger partial charge in [0.25, 0.3) is 0 Å². The molecule has 12 rings (SSSR count). The third-order valence-corrected chi connectivity index (χ3v) is 12.0. The maximum atomic E-state index is 5.47. The third kappa shape index (κ3) is 3.84. The van der Waals surface area contributed by atoms with E-state index in [1.807, 2.05) is 6.20 Å². The molecule has 0 saturated heterocycles. The van der Waals surface area contributed by atoms with Gasteiger partial charge in [-0.2, -0.15) is 0 Å². The highest BCUT2D eigenvalue weighted by Crippen LogP contribution is 2.52. The lowest BCUT2D eigenvalue weighted by atomic mass is 9.91. The van der Waals surface area contributed by atoms with Gasteiger partial charge in [0.15, 0.2) is 5.82 Å². The van der Waals surface area contributed by atoms with Crippen molar-refractivity contribution >= 4 is 75.1 Å². The summed E-state index contributed by atoms with van der Waals surface area (Å²) in [5, 5.41) is 8.65. The molecule has 1 aliphatic carbocycles. The van der Waals surface area contributed by atoms with Crippen molar-refractivity contribution in [1.82, 2.24) is 14.5 Å². The summed E-state index contributed by atoms with van der Waals surface area (Å²) in [5.41, 5.74) is 12.9. The zero-order chi connectivity index (χ0) is 33.9. The first kappa shape index (κ1) is 28.1. The van der Waals surface area contributed by atoms with E-state index in [1.165, 1.54) is 86.9 Å². The molecule has 240 valence electrons. The zero-order valence-corrected chi connectivity index (χ0v) is 28.7. The first-order valence-electron chi connectivity index (χ1n) is 17.7. The highest BCUT2D eigenvalue weighted by atomic mass is 32.1. The van der Waals surface area contributed by atoms with Crippen LogP contribution in [0.1, 0.15) is 0 Å². The SMILES string of the molecule is c1ccc(-c2cc3c4c5c(cc(-c6ccccc6)cc5n(-c5cnc6c(n5)sc5ccc7ccccc7c56)c4c2)-c2cccc4cccc-3c24)cc1. The molecule has 0 saturated carbocycles. The minimum atomic E-state index is 0.822. The Labute approximate surface area is 302 Å². The number of hydrogen-bond donors (Lipinski definition) is 0. The van der Waals surface area contributed by atoms with Crippen molar-refractivity contribution in [2.45, 2.75) is 0 Å². The van der Waals surface area contributed by atoms with E-state index in [0.29, 0.717) is 0 Å². The van der Waals surface area contributed by atoms with E-state index < -0.39 is 0 Å². The molecule has 0 bridgehead atoms. The second-order valence-electron chi connectivity index (χ2n) is 13.8. The van der Waals surface area contributed by atoms with E-state index in [4.69, 9.17) is 9.97 Å². The normalized spacial score (nSPS) is 12.2. The predicted octanol–water partition coefficient (Wildman–Crippen LogP) is 13.2. The summed E-state index contributed by atoms with van der Waals surface area (Å²) in [4.78, 5) is 11.6. The Bertz CT molecular complexity index is 3140. The van der Waals surface area contributed by atoms with Gasteiger partial charge in [0.2, 0.25) is 0 Å². The Morgan fingerprint density at radius 3 is 1.69 bits per heavy atom. The molecule has 0 aliphatic heterocycles. The molecule has 0 radical (unpaired) electrons. The van der Waals surface area contributed by atoms with Crippen LogP contribution >= 0.6 is 11.3 Å². The standard InChI is InChI=1S/C48H27N3S/c1-3-11-28(12-4-1)32-23-37-35-19-9-16-31-17-10-20-36(43(31)35)38-24-33(29-13-5-2-6-14-29)26-40-45(38)44(37)39(25-32)51(40)42-27-49-47-46-34-18-8-7-15-30(34)21-22-41(46)52-48(47)50-42/h1-27H. The second-order valence-corrected chi connectivity index (χ2v) is 14.8. The van der Waals surface area contributed by atoms with Gasteiger partial charge in [-0.15, -0.1) is 11.3 Å². The summed E-state index contributed by atoms with van der Waals surface area (Å²) in [6, 6.07) is 57.5. The summed E-state index contributed by atoms with van der Waals surface area (Å²) in [7, 11) is 0. The first-order valence-corrected chi connectivity index (χ1v) is 18.5. The lowest BCUT2D eigenvalue weighted by molar-refractivity contribution is 1.08. The second kappa shape index (κ2) is 10.5. The Morgan fingerprint density at radius 1 is 0.442 bits per heavy atom. The maximum absolute atomic E-state index is 5.47. The highest BCUT2D eigenvalue weighted by Gasteiger charge is 2.27. The van der Waals surface area contributed by atoms with Crippen LogP contribution in [-0.2, 0) is 0 Å². The van der Waals surface area contributed by atoms with E-state index >= 15 is 0 Å². The molecule has 0 N–H and O–H groups in total. The smallest absolute Gasteiger partial charge is 0.157 e. The summed E-state index contributed by atoms with van der Waals surface area (Å²) < 4.78 is 3.58. The molecule has 3 nitrogen and oxygen atoms in total. The number of fused-ring (bicyclic) bond motifs is 7. The van der Waals surface area contributed by atoms with Crippen LogP contribution in [0.4, 0.5) is 0 Å². The summed E-state index contributed by atoms with van der Waals surface area (Å²) in [6.45, 7) is 0. The topological polar surface area (TPSA) is 30.7 Å². The number of rotatable bonds is 3. The van der Waals surface area contributed by atoms with E-state index in [-0.39, 0.29) is 0 Å². The Morgan fingerprint density at radius 2 is 1.04 bits per heavy atom. The van der Waals surface area contributed by atoms with E-state index in [1.54, 1.807) is 11.3 Å². The van der Waals surface area contributed by atoms with Crippen molar-refractivity contribution in [2.75, 3.05) is 0 Å². The van der Waals surface area contributed by atoms with Crippen LogP contribution in [0.3, 0.4) is 0 Å². The van der Waals surface area contributed by atoms with Gasteiger partial charge in [0.05, 0.1) is 17.2 Å². The molecule has 4 heteroatoms. The molecule has 0 amide bonds. The Hall–Kier alpha value is -6.62. The average molecular weight is 678 g/mol. The predicted molar refractivity (Wildman–Crippen MR) is 220 cm³/mol. The van der Waals surface area contributed by atoms with Crippen LogP contribution < -0.4 is 0 Å². The van der Waals surface area contributed by atoms with Crippen molar-refractivity contribution in [3.8, 4) is 50.3 Å². The molecule has 8 aromatic carbocycles. The molecule has 1 aliphatic rings. The first-order chi connectivity index (χ1) is 25.8. The number of hydrogen-bond acceptors (Lipinski definition) is 3. The summed E-state index contributed by atoms with van der Waals surface area (Å²) in [6.07, 6.45) is 1.99. The molecule has 0 atom stereocenters. The molecule has 3 heterocycles. The minimum absolute atomic E-state index is 0.822. The minimum Gasteiger partial charge on any atom is -0.292 e. The molecule has 0 spiro atoms. The van der Waals surface area contributed by atoms with Crippen molar-refractivity contribution in [1.29, 1.82) is 0 Å². The van der Waals surface area contributed by atoms with Crippen LogP contribution in [0, 0.1) is 0 Å². The van der Waals surface area contributed by atoms with E-state index in [2.05, 4.69) is 162 Å². The molecular weight excluding hydrogens is 651 g/mol. The van der Waals surface area contributed by atoms with Crippen LogP contribution in [-0.4, -0.2) is 14.5 Å². The molecule has 0 fully saturated rings. The maximum Gasteiger partial charge on any atom is 0.157 e. The van der Waals surface area contributed by atoms with E-state index in [0.717, 1.165) is 27.2 Å². The van der Waals surface area contributed by atoms with Gasteiger partial charge >= 0.3 is 0 Å². The Balaban J connectivity index is 1.27. The van der Waals surface area contributed by atoms with Crippen molar-refractivity contribution in [3.05, 3.63) is 164 Å². The average Bonchev–Trinajstić information content (AvgIpc) is 3.72. The van der Waals surface area contributed by atoms with Gasteiger partial charge < -0.3 is 0 Å². The van der Waals surface area contributed by atoms with Crippen LogP contribution in [0.2, 0.25) is 0 Å². The Kier molecular flexibility index (Phi) is 5.65. The summed E-state index contributed by atoms with van der Waals surface area (Å²) >= 11 is 1.72. The molecule has 0 unspecified atom stereocenters. The number of thiophene rings is 1. The monoisotopic (exact) mass is 677 g/mol. The van der Waals surface area contributed by atoms with Crippen molar-refractivity contribution < 1.29 is 0 Å². The highest BCUT2D eigenvalue weighted by molar-refractivity contribution is 7.25. The fourth-order valence-electron chi connectivity index (χ4n) is 8.72. The van der Waals surface area contributed by atoms with Crippen LogP contribution in [0.5, 0.6) is 0 Å². The molecule has 52 heavy (non-hydrogen) atoms. The van der Waals surface area contributed by atoms with Gasteiger partial charge in [-0.1, -0.05) is 127 Å². The molecule has 3 aromatic heterocycles. The van der Waals surface area contributed by atoms with Crippen LogP contribution in [0.15, 0.2) is 164 Å². The fourth-order valence-corrected chi connectivity index (χ4v) is 9.76. The van der Waals surface area contributed by atoms with Gasteiger partial charge in [-0.25, -0.2) is 9.97 Å².